The monoisotopic (exact) mass is 229 g/mol. The largest absolute Gasteiger partial charge is 0.466 e. The van der Waals surface area contributed by atoms with Crippen molar-refractivity contribution in [2.75, 3.05) is 6.61 Å². The Morgan fingerprint density at radius 3 is 2.56 bits per heavy atom. The molecule has 1 atom stereocenters. The summed E-state index contributed by atoms with van der Waals surface area (Å²) in [6, 6.07) is -0.308. The highest BCUT2D eigenvalue weighted by Gasteiger charge is 2.19. The van der Waals surface area contributed by atoms with Gasteiger partial charge in [-0.3, -0.25) is 4.79 Å². The first-order valence-corrected chi connectivity index (χ1v) is 5.04. The number of alkyl carbamates (subject to hydrolysis) is 1. The highest BCUT2D eigenvalue weighted by Crippen LogP contribution is 2.07. The number of hydrogen-bond acceptors (Lipinski definition) is 4. The number of ether oxygens (including phenoxy) is 2. The first kappa shape index (κ1) is 14.5. The summed E-state index contributed by atoms with van der Waals surface area (Å²) in [5, 5.41) is 2.59. The lowest BCUT2D eigenvalue weighted by molar-refractivity contribution is -0.129. The normalized spacial score (nSPS) is 12.4. The van der Waals surface area contributed by atoms with Crippen molar-refractivity contribution in [2.24, 2.45) is 0 Å². The predicted molar refractivity (Wildman–Crippen MR) is 60.0 cm³/mol. The van der Waals surface area contributed by atoms with Crippen LogP contribution >= 0.6 is 0 Å². The Morgan fingerprint density at radius 1 is 1.50 bits per heavy atom. The quantitative estimate of drug-likeness (QED) is 0.555. The fraction of sp³-hybridized carbons (Fsp3) is 0.636. The number of amides is 1. The second-order valence-electron chi connectivity index (χ2n) is 4.30. The van der Waals surface area contributed by atoms with Crippen LogP contribution in [0.5, 0.6) is 0 Å². The zero-order valence-corrected chi connectivity index (χ0v) is 9.99. The van der Waals surface area contributed by atoms with E-state index in [1.165, 1.54) is 0 Å². The molecule has 16 heavy (non-hydrogen) atoms. The molecule has 0 heterocycles. The minimum absolute atomic E-state index is 0.106. The lowest BCUT2D eigenvalue weighted by Crippen LogP contribution is -2.41. The van der Waals surface area contributed by atoms with Crippen molar-refractivity contribution >= 4 is 12.6 Å². The van der Waals surface area contributed by atoms with E-state index in [-0.39, 0.29) is 12.6 Å². The molecule has 0 aliphatic rings. The summed E-state index contributed by atoms with van der Waals surface area (Å²) in [5.41, 5.74) is -0.547. The Morgan fingerprint density at radius 2 is 2.12 bits per heavy atom. The molecule has 5 heteroatoms. The van der Waals surface area contributed by atoms with E-state index in [2.05, 4.69) is 16.6 Å². The molecule has 0 aromatic heterocycles. The number of carbonyl (C=O) groups excluding carboxylic acids is 2. The van der Waals surface area contributed by atoms with E-state index < -0.39 is 11.7 Å². The Hall–Kier alpha value is -1.52. The molecule has 0 radical (unpaired) electrons. The van der Waals surface area contributed by atoms with Gasteiger partial charge in [-0.25, -0.2) is 4.79 Å². The standard InChI is InChI=1S/C11H19NO4/c1-5-6-9(7-15-8-13)12-10(14)16-11(2,3)4/h5,8-9H,1,6-7H2,2-4H3,(H,12,14)/t9-/m0/s1. The maximum atomic E-state index is 11.4. The molecular weight excluding hydrogens is 210 g/mol. The molecule has 0 aromatic carbocycles. The van der Waals surface area contributed by atoms with Gasteiger partial charge < -0.3 is 14.8 Å². The summed E-state index contributed by atoms with van der Waals surface area (Å²) in [6.45, 7) is 9.32. The van der Waals surface area contributed by atoms with Crippen LogP contribution in [0, 0.1) is 0 Å². The van der Waals surface area contributed by atoms with Crippen molar-refractivity contribution in [3.63, 3.8) is 0 Å². The van der Waals surface area contributed by atoms with Crippen molar-refractivity contribution in [2.45, 2.75) is 38.8 Å². The van der Waals surface area contributed by atoms with Gasteiger partial charge in [0, 0.05) is 0 Å². The van der Waals surface area contributed by atoms with Crippen LogP contribution in [0.1, 0.15) is 27.2 Å². The average molecular weight is 229 g/mol. The number of carbonyl (C=O) groups is 2. The van der Waals surface area contributed by atoms with Gasteiger partial charge in [-0.15, -0.1) is 6.58 Å². The third-order valence-corrected chi connectivity index (χ3v) is 1.54. The van der Waals surface area contributed by atoms with Crippen LogP contribution in [0.2, 0.25) is 0 Å². The second kappa shape index (κ2) is 6.87. The lowest BCUT2D eigenvalue weighted by atomic mass is 10.2. The minimum Gasteiger partial charge on any atom is -0.466 e. The van der Waals surface area contributed by atoms with Gasteiger partial charge in [-0.1, -0.05) is 6.08 Å². The second-order valence-corrected chi connectivity index (χ2v) is 4.30. The van der Waals surface area contributed by atoms with Gasteiger partial charge in [0.1, 0.15) is 12.2 Å². The molecule has 1 amide bonds. The van der Waals surface area contributed by atoms with Crippen LogP contribution in [0.4, 0.5) is 4.79 Å². The Balaban J connectivity index is 4.11. The summed E-state index contributed by atoms with van der Waals surface area (Å²) >= 11 is 0. The van der Waals surface area contributed by atoms with Gasteiger partial charge in [0.15, 0.2) is 0 Å². The van der Waals surface area contributed by atoms with Crippen LogP contribution in [-0.2, 0) is 14.3 Å². The highest BCUT2D eigenvalue weighted by atomic mass is 16.6. The fourth-order valence-corrected chi connectivity index (χ4v) is 0.999. The first-order valence-electron chi connectivity index (χ1n) is 5.04. The SMILES string of the molecule is C=CC[C@@H](COC=O)NC(=O)OC(C)(C)C. The molecule has 0 spiro atoms. The molecule has 0 rings (SSSR count). The van der Waals surface area contributed by atoms with E-state index in [1.807, 2.05) is 0 Å². The molecule has 0 saturated carbocycles. The van der Waals surface area contributed by atoms with E-state index in [9.17, 15) is 9.59 Å². The van der Waals surface area contributed by atoms with Crippen molar-refractivity contribution in [1.82, 2.24) is 5.32 Å². The van der Waals surface area contributed by atoms with E-state index >= 15 is 0 Å². The molecule has 0 unspecified atom stereocenters. The van der Waals surface area contributed by atoms with Crippen LogP contribution in [0.25, 0.3) is 0 Å². The van der Waals surface area contributed by atoms with Crippen molar-refractivity contribution in [1.29, 1.82) is 0 Å². The Kier molecular flexibility index (Phi) is 6.22. The number of nitrogens with one attached hydrogen (secondary N) is 1. The predicted octanol–water partition coefficient (Wildman–Crippen LogP) is 1.63. The smallest absolute Gasteiger partial charge is 0.408 e. The topological polar surface area (TPSA) is 64.6 Å². The Bertz CT molecular complexity index is 245. The molecule has 1 N–H and O–H groups in total. The molecule has 0 aliphatic heterocycles. The van der Waals surface area contributed by atoms with Crippen LogP contribution in [0.15, 0.2) is 12.7 Å². The first-order chi connectivity index (χ1) is 7.39. The van der Waals surface area contributed by atoms with Crippen LogP contribution in [0.3, 0.4) is 0 Å². The van der Waals surface area contributed by atoms with Gasteiger partial charge in [-0.05, 0) is 27.2 Å². The summed E-state index contributed by atoms with van der Waals surface area (Å²) < 4.78 is 9.65. The molecule has 0 fully saturated rings. The van der Waals surface area contributed by atoms with E-state index in [4.69, 9.17) is 4.74 Å². The average Bonchev–Trinajstić information content (AvgIpc) is 2.11. The molecule has 0 aromatic rings. The highest BCUT2D eigenvalue weighted by molar-refractivity contribution is 5.68. The third kappa shape index (κ3) is 7.84. The molecular formula is C11H19NO4. The van der Waals surface area contributed by atoms with Crippen LogP contribution in [-0.4, -0.2) is 30.8 Å². The van der Waals surface area contributed by atoms with Crippen LogP contribution < -0.4 is 5.32 Å². The van der Waals surface area contributed by atoms with Gasteiger partial charge in [-0.2, -0.15) is 0 Å². The zero-order valence-electron chi connectivity index (χ0n) is 9.99. The summed E-state index contributed by atoms with van der Waals surface area (Å²) in [4.78, 5) is 21.4. The van der Waals surface area contributed by atoms with Gasteiger partial charge >= 0.3 is 6.09 Å². The third-order valence-electron chi connectivity index (χ3n) is 1.54. The summed E-state index contributed by atoms with van der Waals surface area (Å²) in [7, 11) is 0. The van der Waals surface area contributed by atoms with Crippen molar-refractivity contribution < 1.29 is 19.1 Å². The fourth-order valence-electron chi connectivity index (χ4n) is 0.999. The number of hydrogen-bond donors (Lipinski definition) is 1. The van der Waals surface area contributed by atoms with Gasteiger partial charge in [0.25, 0.3) is 6.47 Å². The van der Waals surface area contributed by atoms with Gasteiger partial charge in [0.2, 0.25) is 0 Å². The maximum absolute atomic E-state index is 11.4. The van der Waals surface area contributed by atoms with E-state index in [0.29, 0.717) is 12.9 Å². The van der Waals surface area contributed by atoms with E-state index in [0.717, 1.165) is 0 Å². The van der Waals surface area contributed by atoms with Gasteiger partial charge in [0.05, 0.1) is 6.04 Å². The molecule has 0 saturated heterocycles. The molecule has 0 bridgehead atoms. The van der Waals surface area contributed by atoms with Crippen molar-refractivity contribution in [3.05, 3.63) is 12.7 Å². The van der Waals surface area contributed by atoms with E-state index in [1.54, 1.807) is 26.8 Å². The zero-order chi connectivity index (χ0) is 12.6. The number of rotatable bonds is 6. The molecule has 92 valence electrons. The Labute approximate surface area is 95.8 Å². The summed E-state index contributed by atoms with van der Waals surface area (Å²) in [5.74, 6) is 0. The summed E-state index contributed by atoms with van der Waals surface area (Å²) in [6.07, 6.45) is 1.61. The maximum Gasteiger partial charge on any atom is 0.408 e. The van der Waals surface area contributed by atoms with Crippen molar-refractivity contribution in [3.8, 4) is 0 Å². The minimum atomic E-state index is -0.547. The molecule has 0 aliphatic carbocycles. The molecule has 5 nitrogen and oxygen atoms in total. The lowest BCUT2D eigenvalue weighted by Gasteiger charge is -2.22.